The van der Waals surface area contributed by atoms with Crippen molar-refractivity contribution in [2.24, 2.45) is 11.7 Å². The van der Waals surface area contributed by atoms with Gasteiger partial charge in [-0.25, -0.2) is 0 Å². The van der Waals surface area contributed by atoms with Crippen LogP contribution in [0.25, 0.3) is 0 Å². The van der Waals surface area contributed by atoms with Crippen molar-refractivity contribution in [3.8, 4) is 5.75 Å². The number of hydrogen-bond donors (Lipinski definition) is 2. The number of amides is 1. The number of methoxy groups -OCH3 is 1. The highest BCUT2D eigenvalue weighted by Crippen LogP contribution is 2.27. The lowest BCUT2D eigenvalue weighted by Gasteiger charge is -2.15. The molecule has 1 amide bonds. The lowest BCUT2D eigenvalue weighted by molar-refractivity contribution is -0.116. The molecular weight excluding hydrogens is 296 g/mol. The normalized spacial score (nSPS) is 12.3. The van der Waals surface area contributed by atoms with Crippen LogP contribution < -0.4 is 15.8 Å². The van der Waals surface area contributed by atoms with E-state index < -0.39 is 0 Å². The first-order chi connectivity index (χ1) is 8.43. The zero-order valence-electron chi connectivity index (χ0n) is 10.9. The molecule has 0 saturated carbocycles. The fourth-order valence-corrected chi connectivity index (χ4v) is 1.72. The van der Waals surface area contributed by atoms with Gasteiger partial charge in [-0.1, -0.05) is 13.8 Å². The molecule has 0 spiro atoms. The van der Waals surface area contributed by atoms with Crippen LogP contribution in [0.1, 0.15) is 20.3 Å². The smallest absolute Gasteiger partial charge is 0.225 e. The second kappa shape index (κ2) is 6.75. The lowest BCUT2D eigenvalue weighted by atomic mass is 10.0. The van der Waals surface area contributed by atoms with E-state index in [1.54, 1.807) is 13.2 Å². The van der Waals surface area contributed by atoms with Gasteiger partial charge in [0.15, 0.2) is 0 Å². The Morgan fingerprint density at radius 3 is 2.72 bits per heavy atom. The summed E-state index contributed by atoms with van der Waals surface area (Å²) in [4.78, 5) is 11.8. The van der Waals surface area contributed by atoms with Gasteiger partial charge in [0, 0.05) is 23.0 Å². The molecular formula is C13H19BrN2O2. The minimum absolute atomic E-state index is 0.0925. The Morgan fingerprint density at radius 2 is 2.17 bits per heavy atom. The van der Waals surface area contributed by atoms with Crippen LogP contribution in [-0.4, -0.2) is 19.1 Å². The molecule has 18 heavy (non-hydrogen) atoms. The molecule has 0 heterocycles. The van der Waals surface area contributed by atoms with Crippen molar-refractivity contribution in [2.75, 3.05) is 12.4 Å². The highest BCUT2D eigenvalue weighted by atomic mass is 79.9. The summed E-state index contributed by atoms with van der Waals surface area (Å²) in [5.41, 5.74) is 6.56. The lowest BCUT2D eigenvalue weighted by Crippen LogP contribution is -2.31. The molecule has 0 aromatic heterocycles. The molecule has 0 saturated heterocycles. The zero-order chi connectivity index (χ0) is 13.7. The molecule has 4 nitrogen and oxygen atoms in total. The molecule has 0 aliphatic carbocycles. The molecule has 0 fully saturated rings. The fraction of sp³-hybridized carbons (Fsp3) is 0.462. The molecule has 0 aliphatic heterocycles. The van der Waals surface area contributed by atoms with Gasteiger partial charge in [0.2, 0.25) is 5.91 Å². The average Bonchev–Trinajstić information content (AvgIpc) is 2.31. The molecule has 1 aromatic carbocycles. The first-order valence-electron chi connectivity index (χ1n) is 5.83. The number of carbonyl (C=O) groups excluding carboxylic acids is 1. The number of anilines is 1. The van der Waals surface area contributed by atoms with Gasteiger partial charge in [0.05, 0.1) is 12.8 Å². The Bertz CT molecular complexity index is 421. The Hall–Kier alpha value is -1.07. The van der Waals surface area contributed by atoms with Crippen LogP contribution in [0.15, 0.2) is 22.7 Å². The third-order valence-corrected chi connectivity index (χ3v) is 3.42. The van der Waals surface area contributed by atoms with Crippen molar-refractivity contribution in [3.63, 3.8) is 0 Å². The van der Waals surface area contributed by atoms with E-state index >= 15 is 0 Å². The van der Waals surface area contributed by atoms with Gasteiger partial charge in [0.25, 0.3) is 0 Å². The maximum Gasteiger partial charge on any atom is 0.225 e. The number of nitrogens with one attached hydrogen (secondary N) is 1. The number of halogens is 1. The number of benzene rings is 1. The van der Waals surface area contributed by atoms with Gasteiger partial charge in [-0.3, -0.25) is 4.79 Å². The largest absolute Gasteiger partial charge is 0.497 e. The summed E-state index contributed by atoms with van der Waals surface area (Å²) in [6.07, 6.45) is 0.307. The van der Waals surface area contributed by atoms with Crippen molar-refractivity contribution >= 4 is 27.5 Å². The van der Waals surface area contributed by atoms with E-state index in [2.05, 4.69) is 21.2 Å². The van der Waals surface area contributed by atoms with E-state index in [0.29, 0.717) is 17.9 Å². The third kappa shape index (κ3) is 4.31. The molecule has 1 atom stereocenters. The molecule has 1 aromatic rings. The predicted octanol–water partition coefficient (Wildman–Crippen LogP) is 2.77. The van der Waals surface area contributed by atoms with Gasteiger partial charge in [-0.2, -0.15) is 0 Å². The second-order valence-electron chi connectivity index (χ2n) is 4.51. The number of ether oxygens (including phenoxy) is 1. The fourth-order valence-electron chi connectivity index (χ4n) is 1.38. The van der Waals surface area contributed by atoms with E-state index in [9.17, 15) is 4.79 Å². The molecule has 0 aliphatic rings. The van der Waals surface area contributed by atoms with Gasteiger partial charge in [-0.05, 0) is 34.0 Å². The maximum absolute atomic E-state index is 11.8. The van der Waals surface area contributed by atoms with Crippen molar-refractivity contribution in [1.29, 1.82) is 0 Å². The molecule has 0 bridgehead atoms. The quantitative estimate of drug-likeness (QED) is 0.878. The molecule has 0 radical (unpaired) electrons. The average molecular weight is 315 g/mol. The first kappa shape index (κ1) is 15.0. The SMILES string of the molecule is COc1ccc(Br)c(NC(=O)CC(N)C(C)C)c1. The first-order valence-corrected chi connectivity index (χ1v) is 6.62. The highest BCUT2D eigenvalue weighted by Gasteiger charge is 2.14. The third-order valence-electron chi connectivity index (χ3n) is 2.73. The van der Waals surface area contributed by atoms with Crippen LogP contribution in [-0.2, 0) is 4.79 Å². The van der Waals surface area contributed by atoms with Gasteiger partial charge >= 0.3 is 0 Å². The van der Waals surface area contributed by atoms with Crippen molar-refractivity contribution in [1.82, 2.24) is 0 Å². The second-order valence-corrected chi connectivity index (χ2v) is 5.36. The maximum atomic E-state index is 11.8. The molecule has 1 rings (SSSR count). The number of hydrogen-bond acceptors (Lipinski definition) is 3. The summed E-state index contributed by atoms with van der Waals surface area (Å²) in [5, 5.41) is 2.82. The van der Waals surface area contributed by atoms with Crippen molar-refractivity contribution < 1.29 is 9.53 Å². The molecule has 3 N–H and O–H groups in total. The number of nitrogens with two attached hydrogens (primary N) is 1. The van der Waals surface area contributed by atoms with Gasteiger partial charge < -0.3 is 15.8 Å². The Labute approximate surface area is 116 Å². The van der Waals surface area contributed by atoms with Crippen LogP contribution in [0.3, 0.4) is 0 Å². The zero-order valence-corrected chi connectivity index (χ0v) is 12.5. The van der Waals surface area contributed by atoms with E-state index in [0.717, 1.165) is 4.47 Å². The number of rotatable bonds is 5. The topological polar surface area (TPSA) is 64.3 Å². The minimum Gasteiger partial charge on any atom is -0.497 e. The van der Waals surface area contributed by atoms with E-state index in [1.807, 2.05) is 26.0 Å². The summed E-state index contributed by atoms with van der Waals surface area (Å²) in [6.45, 7) is 4.00. The van der Waals surface area contributed by atoms with Crippen molar-refractivity contribution in [2.45, 2.75) is 26.3 Å². The standard InChI is InChI=1S/C13H19BrN2O2/c1-8(2)11(15)7-13(17)16-12-6-9(18-3)4-5-10(12)14/h4-6,8,11H,7,15H2,1-3H3,(H,16,17). The van der Waals surface area contributed by atoms with Crippen LogP contribution in [0.2, 0.25) is 0 Å². The predicted molar refractivity (Wildman–Crippen MR) is 76.8 cm³/mol. The molecule has 100 valence electrons. The van der Waals surface area contributed by atoms with Crippen LogP contribution in [0.5, 0.6) is 5.75 Å². The van der Waals surface area contributed by atoms with E-state index in [-0.39, 0.29) is 17.9 Å². The summed E-state index contributed by atoms with van der Waals surface area (Å²) >= 11 is 3.38. The van der Waals surface area contributed by atoms with Gasteiger partial charge in [-0.15, -0.1) is 0 Å². The highest BCUT2D eigenvalue weighted by molar-refractivity contribution is 9.10. The summed E-state index contributed by atoms with van der Waals surface area (Å²) in [7, 11) is 1.59. The Balaban J connectivity index is 2.69. The van der Waals surface area contributed by atoms with Crippen LogP contribution in [0.4, 0.5) is 5.69 Å². The minimum atomic E-state index is -0.130. The van der Waals surface area contributed by atoms with E-state index in [1.165, 1.54) is 0 Å². The van der Waals surface area contributed by atoms with Crippen LogP contribution in [0, 0.1) is 5.92 Å². The summed E-state index contributed by atoms with van der Waals surface area (Å²) < 4.78 is 5.93. The van der Waals surface area contributed by atoms with Crippen LogP contribution >= 0.6 is 15.9 Å². The summed E-state index contributed by atoms with van der Waals surface area (Å²) in [6, 6.07) is 5.29. The Kier molecular flexibility index (Phi) is 5.62. The van der Waals surface area contributed by atoms with E-state index in [4.69, 9.17) is 10.5 Å². The van der Waals surface area contributed by atoms with Crippen molar-refractivity contribution in [3.05, 3.63) is 22.7 Å². The molecule has 1 unspecified atom stereocenters. The number of carbonyl (C=O) groups is 1. The Morgan fingerprint density at radius 1 is 1.50 bits per heavy atom. The monoisotopic (exact) mass is 314 g/mol. The van der Waals surface area contributed by atoms with Gasteiger partial charge in [0.1, 0.15) is 5.75 Å². The summed E-state index contributed by atoms with van der Waals surface area (Å²) in [5.74, 6) is 0.885. The molecule has 5 heteroatoms.